The van der Waals surface area contributed by atoms with Gasteiger partial charge in [-0.1, -0.05) is 0 Å². The van der Waals surface area contributed by atoms with Gasteiger partial charge in [-0.2, -0.15) is 0 Å². The zero-order valence-corrected chi connectivity index (χ0v) is 13.8. The highest BCUT2D eigenvalue weighted by molar-refractivity contribution is 7.90. The van der Waals surface area contributed by atoms with Crippen LogP contribution >= 0.6 is 0 Å². The lowest BCUT2D eigenvalue weighted by atomic mass is 10.1. The Bertz CT molecular complexity index is 843. The number of hydrogen-bond acceptors (Lipinski definition) is 6. The Labute approximate surface area is 134 Å². The molecule has 23 heavy (non-hydrogen) atoms. The van der Waals surface area contributed by atoms with E-state index in [0.717, 1.165) is 6.26 Å². The summed E-state index contributed by atoms with van der Waals surface area (Å²) in [5.41, 5.74) is 0.549. The highest BCUT2D eigenvalue weighted by Crippen LogP contribution is 2.15. The fraction of sp³-hybridized carbons (Fsp3) is 0.250. The van der Waals surface area contributed by atoms with Gasteiger partial charge < -0.3 is 9.15 Å². The molecule has 0 unspecified atom stereocenters. The lowest BCUT2D eigenvalue weighted by molar-refractivity contribution is 0.0473. The van der Waals surface area contributed by atoms with Gasteiger partial charge in [0.05, 0.1) is 4.90 Å². The van der Waals surface area contributed by atoms with Crippen LogP contribution in [0.3, 0.4) is 0 Å². The summed E-state index contributed by atoms with van der Waals surface area (Å²) < 4.78 is 32.9. The van der Waals surface area contributed by atoms with Crippen molar-refractivity contribution in [2.45, 2.75) is 18.7 Å². The number of ketones is 1. The lowest BCUT2D eigenvalue weighted by Gasteiger charge is -2.04. The smallest absolute Gasteiger partial charge is 0.342 e. The Morgan fingerprint density at radius 2 is 1.74 bits per heavy atom. The summed E-state index contributed by atoms with van der Waals surface area (Å²) in [5.74, 6) is -0.0497. The zero-order valence-electron chi connectivity index (χ0n) is 13.0. The molecule has 0 spiro atoms. The van der Waals surface area contributed by atoms with Crippen molar-refractivity contribution in [3.8, 4) is 0 Å². The van der Waals surface area contributed by atoms with Gasteiger partial charge in [0.2, 0.25) is 0 Å². The van der Waals surface area contributed by atoms with Crippen LogP contribution in [0.5, 0.6) is 0 Å². The van der Waals surface area contributed by atoms with E-state index in [-0.39, 0.29) is 16.0 Å². The minimum Gasteiger partial charge on any atom is -0.466 e. The minimum absolute atomic E-state index is 0.121. The van der Waals surface area contributed by atoms with Crippen molar-refractivity contribution in [2.24, 2.45) is 0 Å². The molecular weight excluding hydrogens is 320 g/mol. The van der Waals surface area contributed by atoms with E-state index in [9.17, 15) is 18.0 Å². The van der Waals surface area contributed by atoms with E-state index in [1.54, 1.807) is 19.9 Å². The van der Waals surface area contributed by atoms with Gasteiger partial charge in [-0.05, 0) is 44.2 Å². The largest absolute Gasteiger partial charge is 0.466 e. The number of furan rings is 1. The Morgan fingerprint density at radius 1 is 1.13 bits per heavy atom. The number of rotatable bonds is 5. The molecule has 1 heterocycles. The normalized spacial score (nSPS) is 11.3. The molecule has 0 aliphatic carbocycles. The van der Waals surface area contributed by atoms with Crippen LogP contribution < -0.4 is 0 Å². The molecule has 0 radical (unpaired) electrons. The molecule has 0 aliphatic heterocycles. The number of Topliss-reactive ketones (excluding diaryl/α,β-unsaturated/α-hetero) is 1. The third-order valence-electron chi connectivity index (χ3n) is 3.20. The molecule has 122 valence electrons. The third kappa shape index (κ3) is 4.07. The second-order valence-corrected chi connectivity index (χ2v) is 7.14. The third-order valence-corrected chi connectivity index (χ3v) is 4.33. The van der Waals surface area contributed by atoms with Crippen molar-refractivity contribution < 1.29 is 27.2 Å². The molecule has 6 nitrogen and oxygen atoms in total. The summed E-state index contributed by atoms with van der Waals surface area (Å²) in [4.78, 5) is 24.0. The number of carbonyl (C=O) groups is 2. The monoisotopic (exact) mass is 336 g/mol. The Morgan fingerprint density at radius 3 is 2.22 bits per heavy atom. The molecular formula is C16H16O6S. The van der Waals surface area contributed by atoms with Crippen LogP contribution in [0, 0.1) is 13.8 Å². The average Bonchev–Trinajstić information content (AvgIpc) is 2.82. The molecule has 0 fully saturated rings. The number of hydrogen-bond donors (Lipinski definition) is 0. The molecule has 0 saturated heterocycles. The fourth-order valence-corrected chi connectivity index (χ4v) is 2.64. The summed E-state index contributed by atoms with van der Waals surface area (Å²) in [6.07, 6.45) is 1.08. The van der Waals surface area contributed by atoms with Crippen molar-refractivity contribution in [3.63, 3.8) is 0 Å². The maximum absolute atomic E-state index is 12.0. The second-order valence-electron chi connectivity index (χ2n) is 5.12. The molecule has 2 rings (SSSR count). The van der Waals surface area contributed by atoms with E-state index >= 15 is 0 Å². The molecule has 0 aliphatic rings. The Kier molecular flexibility index (Phi) is 4.70. The predicted octanol–water partition coefficient (Wildman–Crippen LogP) is 2.34. The number of esters is 1. The zero-order chi connectivity index (χ0) is 17.2. The summed E-state index contributed by atoms with van der Waals surface area (Å²) in [6.45, 7) is 2.91. The first-order valence-corrected chi connectivity index (χ1v) is 8.65. The minimum atomic E-state index is -3.32. The Balaban J connectivity index is 2.02. The molecule has 1 aromatic heterocycles. The summed E-state index contributed by atoms with van der Waals surface area (Å²) >= 11 is 0. The molecule has 0 N–H and O–H groups in total. The summed E-state index contributed by atoms with van der Waals surface area (Å²) in [7, 11) is -3.32. The molecule has 7 heteroatoms. The first-order chi connectivity index (χ1) is 10.7. The predicted molar refractivity (Wildman–Crippen MR) is 82.3 cm³/mol. The van der Waals surface area contributed by atoms with E-state index in [0.29, 0.717) is 11.5 Å². The molecule has 0 saturated carbocycles. The number of benzene rings is 1. The molecule has 0 bridgehead atoms. The van der Waals surface area contributed by atoms with Gasteiger partial charge in [0.15, 0.2) is 22.2 Å². The first-order valence-electron chi connectivity index (χ1n) is 6.76. The van der Waals surface area contributed by atoms with E-state index in [4.69, 9.17) is 9.15 Å². The highest BCUT2D eigenvalue weighted by atomic mass is 32.2. The molecule has 2 aromatic rings. The molecule has 1 aromatic carbocycles. The van der Waals surface area contributed by atoms with Gasteiger partial charge >= 0.3 is 5.97 Å². The number of sulfone groups is 1. The fourth-order valence-electron chi connectivity index (χ4n) is 2.01. The topological polar surface area (TPSA) is 90.7 Å². The van der Waals surface area contributed by atoms with E-state index in [2.05, 4.69) is 0 Å². The van der Waals surface area contributed by atoms with E-state index in [1.165, 1.54) is 24.3 Å². The lowest BCUT2D eigenvalue weighted by Crippen LogP contribution is -2.14. The SMILES string of the molecule is Cc1cc(C(=O)OCC(=O)c2ccc(S(C)(=O)=O)cc2)c(C)o1. The van der Waals surface area contributed by atoms with Crippen LogP contribution in [-0.2, 0) is 14.6 Å². The van der Waals surface area contributed by atoms with E-state index < -0.39 is 28.2 Å². The van der Waals surface area contributed by atoms with Gasteiger partial charge in [-0.3, -0.25) is 4.79 Å². The van der Waals surface area contributed by atoms with Crippen LogP contribution in [0.1, 0.15) is 32.2 Å². The maximum Gasteiger partial charge on any atom is 0.342 e. The number of aryl methyl sites for hydroxylation is 2. The van der Waals surface area contributed by atoms with Crippen LogP contribution in [0.15, 0.2) is 39.6 Å². The van der Waals surface area contributed by atoms with Crippen LogP contribution in [-0.4, -0.2) is 33.0 Å². The van der Waals surface area contributed by atoms with Gasteiger partial charge in [0, 0.05) is 11.8 Å². The van der Waals surface area contributed by atoms with Gasteiger partial charge in [0.1, 0.15) is 17.1 Å². The van der Waals surface area contributed by atoms with Crippen molar-refractivity contribution in [2.75, 3.05) is 12.9 Å². The van der Waals surface area contributed by atoms with Gasteiger partial charge in [-0.25, -0.2) is 13.2 Å². The van der Waals surface area contributed by atoms with Crippen LogP contribution in [0.4, 0.5) is 0 Å². The average molecular weight is 336 g/mol. The maximum atomic E-state index is 12.0. The molecule has 0 atom stereocenters. The summed E-state index contributed by atoms with van der Waals surface area (Å²) in [6, 6.07) is 7.00. The molecule has 0 amide bonds. The van der Waals surface area contributed by atoms with Crippen molar-refractivity contribution >= 4 is 21.6 Å². The van der Waals surface area contributed by atoms with Crippen molar-refractivity contribution in [1.82, 2.24) is 0 Å². The van der Waals surface area contributed by atoms with E-state index in [1.807, 2.05) is 0 Å². The number of ether oxygens (including phenoxy) is 1. The van der Waals surface area contributed by atoms with Crippen molar-refractivity contribution in [3.05, 3.63) is 53.0 Å². The number of carbonyl (C=O) groups excluding carboxylic acids is 2. The standard InChI is InChI=1S/C16H16O6S/c1-10-8-14(11(2)22-10)16(18)21-9-15(17)12-4-6-13(7-5-12)23(3,19)20/h4-8H,9H2,1-3H3. The highest BCUT2D eigenvalue weighted by Gasteiger charge is 2.17. The second kappa shape index (κ2) is 6.37. The van der Waals surface area contributed by atoms with Crippen molar-refractivity contribution in [1.29, 1.82) is 0 Å². The van der Waals surface area contributed by atoms with Gasteiger partial charge in [0.25, 0.3) is 0 Å². The summed E-state index contributed by atoms with van der Waals surface area (Å²) in [5, 5.41) is 0. The quantitative estimate of drug-likeness (QED) is 0.615. The van der Waals surface area contributed by atoms with Crippen LogP contribution in [0.25, 0.3) is 0 Å². The Hall–Kier alpha value is -2.41. The first kappa shape index (κ1) is 17.0. The van der Waals surface area contributed by atoms with Crippen LogP contribution in [0.2, 0.25) is 0 Å². The van der Waals surface area contributed by atoms with Gasteiger partial charge in [-0.15, -0.1) is 0 Å².